The maximum atomic E-state index is 11.7. The smallest absolute Gasteiger partial charge is 0.325 e. The first-order chi connectivity index (χ1) is 8.95. The molecule has 1 heterocycles. The molecule has 1 unspecified atom stereocenters. The number of benzene rings is 1. The van der Waals surface area contributed by atoms with Gasteiger partial charge in [-0.3, -0.25) is 9.59 Å². The van der Waals surface area contributed by atoms with E-state index in [4.69, 9.17) is 5.11 Å². The van der Waals surface area contributed by atoms with E-state index in [2.05, 4.69) is 15.3 Å². The number of hydrogen-bond acceptors (Lipinski definition) is 3. The molecule has 0 aliphatic carbocycles. The van der Waals surface area contributed by atoms with Gasteiger partial charge in [0.2, 0.25) is 5.91 Å². The zero-order valence-corrected chi connectivity index (χ0v) is 10.7. The molecule has 100 valence electrons. The molecule has 0 radical (unpaired) electrons. The maximum Gasteiger partial charge on any atom is 0.325 e. The zero-order valence-electron chi connectivity index (χ0n) is 10.7. The molecule has 0 bridgehead atoms. The number of carboxylic acids is 1. The largest absolute Gasteiger partial charge is 0.480 e. The first kappa shape index (κ1) is 13.1. The minimum absolute atomic E-state index is 0.144. The van der Waals surface area contributed by atoms with Crippen molar-refractivity contribution in [3.8, 4) is 0 Å². The van der Waals surface area contributed by atoms with Crippen molar-refractivity contribution < 1.29 is 14.7 Å². The van der Waals surface area contributed by atoms with Crippen LogP contribution >= 0.6 is 0 Å². The van der Waals surface area contributed by atoms with Crippen molar-refractivity contribution in [3.05, 3.63) is 29.6 Å². The Morgan fingerprint density at radius 1 is 1.47 bits per heavy atom. The number of carbonyl (C=O) groups is 2. The Kier molecular flexibility index (Phi) is 3.50. The van der Waals surface area contributed by atoms with Crippen LogP contribution < -0.4 is 5.32 Å². The van der Waals surface area contributed by atoms with Crippen molar-refractivity contribution in [1.82, 2.24) is 15.3 Å². The summed E-state index contributed by atoms with van der Waals surface area (Å²) in [6.45, 7) is 3.29. The lowest BCUT2D eigenvalue weighted by Gasteiger charge is -2.09. The minimum atomic E-state index is -1.05. The van der Waals surface area contributed by atoms with Crippen LogP contribution in [-0.4, -0.2) is 33.0 Å². The summed E-state index contributed by atoms with van der Waals surface area (Å²) in [4.78, 5) is 29.7. The summed E-state index contributed by atoms with van der Waals surface area (Å²) in [5.74, 6) is -0.547. The van der Waals surface area contributed by atoms with E-state index in [1.165, 1.54) is 6.92 Å². The number of rotatable bonds is 4. The van der Waals surface area contributed by atoms with E-state index in [0.29, 0.717) is 0 Å². The molecule has 1 amide bonds. The van der Waals surface area contributed by atoms with E-state index in [1.807, 2.05) is 25.1 Å². The molecule has 0 fully saturated rings. The number of aryl methyl sites for hydroxylation is 1. The molecule has 1 atom stereocenters. The fourth-order valence-electron chi connectivity index (χ4n) is 1.83. The molecule has 2 aromatic rings. The number of carbonyl (C=O) groups excluding carboxylic acids is 1. The predicted octanol–water partition coefficient (Wildman–Crippen LogP) is 1.00. The molecule has 1 aromatic heterocycles. The average molecular weight is 261 g/mol. The van der Waals surface area contributed by atoms with Crippen molar-refractivity contribution in [3.63, 3.8) is 0 Å². The summed E-state index contributed by atoms with van der Waals surface area (Å²) in [5, 5.41) is 11.1. The third-order valence-corrected chi connectivity index (χ3v) is 2.78. The molecule has 0 saturated heterocycles. The van der Waals surface area contributed by atoms with Gasteiger partial charge in [-0.25, -0.2) is 4.98 Å². The summed E-state index contributed by atoms with van der Waals surface area (Å²) in [7, 11) is 0. The molecule has 0 aliphatic rings. The van der Waals surface area contributed by atoms with Crippen LogP contribution in [0, 0.1) is 6.92 Å². The fraction of sp³-hybridized carbons (Fsp3) is 0.308. The van der Waals surface area contributed by atoms with Gasteiger partial charge >= 0.3 is 5.97 Å². The molecule has 6 nitrogen and oxygen atoms in total. The van der Waals surface area contributed by atoms with Crippen molar-refractivity contribution in [2.24, 2.45) is 0 Å². The summed E-state index contributed by atoms with van der Waals surface area (Å²) >= 11 is 0. The van der Waals surface area contributed by atoms with E-state index in [0.717, 1.165) is 22.4 Å². The highest BCUT2D eigenvalue weighted by Crippen LogP contribution is 2.13. The number of nitrogens with one attached hydrogen (secondary N) is 2. The molecule has 1 aromatic carbocycles. The number of aromatic nitrogens is 2. The third-order valence-electron chi connectivity index (χ3n) is 2.78. The van der Waals surface area contributed by atoms with Crippen LogP contribution in [-0.2, 0) is 16.0 Å². The number of aromatic amines is 1. The predicted molar refractivity (Wildman–Crippen MR) is 69.8 cm³/mol. The van der Waals surface area contributed by atoms with Gasteiger partial charge in [0.25, 0.3) is 0 Å². The molecule has 0 saturated carbocycles. The molecule has 6 heteroatoms. The second-order valence-electron chi connectivity index (χ2n) is 4.48. The molecule has 0 spiro atoms. The third kappa shape index (κ3) is 3.09. The lowest BCUT2D eigenvalue weighted by molar-refractivity contribution is -0.141. The second-order valence-corrected chi connectivity index (χ2v) is 4.48. The highest BCUT2D eigenvalue weighted by molar-refractivity contribution is 5.85. The van der Waals surface area contributed by atoms with Gasteiger partial charge in [-0.05, 0) is 31.5 Å². The summed E-state index contributed by atoms with van der Waals surface area (Å²) in [5.41, 5.74) is 2.53. The van der Waals surface area contributed by atoms with E-state index in [-0.39, 0.29) is 12.3 Å². The SMILES string of the molecule is Cc1nc2ccc(CC(=O)NC(C)C(=O)O)cc2[nH]1. The van der Waals surface area contributed by atoms with Crippen LogP contribution in [0.5, 0.6) is 0 Å². The second kappa shape index (κ2) is 5.09. The van der Waals surface area contributed by atoms with Crippen LogP contribution in [0.15, 0.2) is 18.2 Å². The van der Waals surface area contributed by atoms with Crippen molar-refractivity contribution in [1.29, 1.82) is 0 Å². The number of fused-ring (bicyclic) bond motifs is 1. The fourth-order valence-corrected chi connectivity index (χ4v) is 1.83. The number of aliphatic carboxylic acids is 1. The average Bonchev–Trinajstić information content (AvgIpc) is 2.68. The topological polar surface area (TPSA) is 95.1 Å². The number of H-pyrrole nitrogens is 1. The van der Waals surface area contributed by atoms with Crippen LogP contribution in [0.3, 0.4) is 0 Å². The normalized spacial score (nSPS) is 12.3. The Bertz CT molecular complexity index is 633. The number of carboxylic acid groups (broad SMARTS) is 1. The van der Waals surface area contributed by atoms with Crippen LogP contribution in [0.4, 0.5) is 0 Å². The number of hydrogen-bond donors (Lipinski definition) is 3. The Balaban J connectivity index is 2.08. The van der Waals surface area contributed by atoms with Gasteiger partial charge in [-0.1, -0.05) is 6.07 Å². The van der Waals surface area contributed by atoms with Crippen LogP contribution in [0.2, 0.25) is 0 Å². The van der Waals surface area contributed by atoms with Gasteiger partial charge in [-0.2, -0.15) is 0 Å². The highest BCUT2D eigenvalue weighted by Gasteiger charge is 2.14. The molecule has 0 aliphatic heterocycles. The zero-order chi connectivity index (χ0) is 14.0. The molecular weight excluding hydrogens is 246 g/mol. The maximum absolute atomic E-state index is 11.7. The Morgan fingerprint density at radius 2 is 2.21 bits per heavy atom. The van der Waals surface area contributed by atoms with Crippen LogP contribution in [0.25, 0.3) is 11.0 Å². The Morgan fingerprint density at radius 3 is 2.89 bits per heavy atom. The molecule has 3 N–H and O–H groups in total. The molecular formula is C13H15N3O3. The minimum Gasteiger partial charge on any atom is -0.480 e. The summed E-state index contributed by atoms with van der Waals surface area (Å²) < 4.78 is 0. The van der Waals surface area contributed by atoms with E-state index in [9.17, 15) is 9.59 Å². The lowest BCUT2D eigenvalue weighted by Crippen LogP contribution is -2.39. The van der Waals surface area contributed by atoms with Gasteiger partial charge in [0, 0.05) is 0 Å². The van der Waals surface area contributed by atoms with Crippen molar-refractivity contribution in [2.45, 2.75) is 26.3 Å². The molecule has 19 heavy (non-hydrogen) atoms. The Hall–Kier alpha value is -2.37. The highest BCUT2D eigenvalue weighted by atomic mass is 16.4. The monoisotopic (exact) mass is 261 g/mol. The molecule has 2 rings (SSSR count). The van der Waals surface area contributed by atoms with Gasteiger partial charge in [0.1, 0.15) is 11.9 Å². The number of imidazole rings is 1. The van der Waals surface area contributed by atoms with Gasteiger partial charge in [0.15, 0.2) is 0 Å². The first-order valence-corrected chi connectivity index (χ1v) is 5.93. The van der Waals surface area contributed by atoms with Gasteiger partial charge < -0.3 is 15.4 Å². The standard InChI is InChI=1S/C13H15N3O3/c1-7(13(18)19)14-12(17)6-9-3-4-10-11(5-9)16-8(2)15-10/h3-5,7H,6H2,1-2H3,(H,14,17)(H,15,16)(H,18,19). The summed E-state index contributed by atoms with van der Waals surface area (Å²) in [6, 6.07) is 4.61. The van der Waals surface area contributed by atoms with Crippen molar-refractivity contribution in [2.75, 3.05) is 0 Å². The van der Waals surface area contributed by atoms with E-state index >= 15 is 0 Å². The number of nitrogens with zero attached hydrogens (tertiary/aromatic N) is 1. The number of amides is 1. The van der Waals surface area contributed by atoms with Gasteiger partial charge in [0.05, 0.1) is 17.5 Å². The van der Waals surface area contributed by atoms with E-state index < -0.39 is 12.0 Å². The lowest BCUT2D eigenvalue weighted by atomic mass is 10.1. The Labute approximate surface area is 109 Å². The van der Waals surface area contributed by atoms with E-state index in [1.54, 1.807) is 0 Å². The van der Waals surface area contributed by atoms with Crippen molar-refractivity contribution >= 4 is 22.9 Å². The summed E-state index contributed by atoms with van der Waals surface area (Å²) in [6.07, 6.45) is 0.144. The first-order valence-electron chi connectivity index (χ1n) is 5.93. The van der Waals surface area contributed by atoms with Crippen LogP contribution in [0.1, 0.15) is 18.3 Å². The quantitative estimate of drug-likeness (QED) is 0.765. The van der Waals surface area contributed by atoms with Gasteiger partial charge in [-0.15, -0.1) is 0 Å².